The van der Waals surface area contributed by atoms with E-state index >= 15 is 0 Å². The van der Waals surface area contributed by atoms with Crippen LogP contribution in [0.5, 0.6) is 0 Å². The number of fused-ring (bicyclic) bond motifs is 9. The summed E-state index contributed by atoms with van der Waals surface area (Å²) in [6.07, 6.45) is 0. The van der Waals surface area contributed by atoms with Crippen molar-refractivity contribution in [2.45, 2.75) is 19.3 Å². The van der Waals surface area contributed by atoms with Crippen LogP contribution in [0.3, 0.4) is 0 Å². The summed E-state index contributed by atoms with van der Waals surface area (Å²) in [7, 11) is 0. The lowest BCUT2D eigenvalue weighted by Gasteiger charge is -2.22. The highest BCUT2D eigenvalue weighted by Gasteiger charge is 2.35. The van der Waals surface area contributed by atoms with Crippen LogP contribution in [0, 0.1) is 0 Å². The molecule has 3 nitrogen and oxygen atoms in total. The SMILES string of the molecule is CC1(C)c2ccccc2-c2ccc(-c3cccc(-c4ccc5c6ccccc6c6cc(-c7nc(-c8ccccc8)nc(-c8ccccc8)n7)ccc6c5c4)c3)cc21. The quantitative estimate of drug-likeness (QED) is 0.166. The van der Waals surface area contributed by atoms with Crippen molar-refractivity contribution in [1.29, 1.82) is 0 Å². The van der Waals surface area contributed by atoms with Gasteiger partial charge in [-0.15, -0.1) is 0 Å². The zero-order valence-electron chi connectivity index (χ0n) is 31.7. The molecule has 9 aromatic carbocycles. The largest absolute Gasteiger partial charge is 0.208 e. The van der Waals surface area contributed by atoms with Gasteiger partial charge in [0.1, 0.15) is 0 Å². The van der Waals surface area contributed by atoms with Crippen LogP contribution in [-0.2, 0) is 5.41 Å². The molecule has 0 aliphatic heterocycles. The van der Waals surface area contributed by atoms with Gasteiger partial charge in [0.15, 0.2) is 17.5 Å². The van der Waals surface area contributed by atoms with Crippen molar-refractivity contribution >= 4 is 32.3 Å². The molecule has 0 unspecified atom stereocenters. The third-order valence-electron chi connectivity index (χ3n) is 11.9. The van der Waals surface area contributed by atoms with Crippen LogP contribution < -0.4 is 0 Å². The van der Waals surface area contributed by atoms with E-state index < -0.39 is 0 Å². The van der Waals surface area contributed by atoms with Gasteiger partial charge in [0, 0.05) is 22.1 Å². The fraction of sp³-hybridized carbons (Fsp3) is 0.0556. The van der Waals surface area contributed by atoms with Gasteiger partial charge in [0.05, 0.1) is 0 Å². The molecular formula is C54H37N3. The Kier molecular flexibility index (Phi) is 7.52. The van der Waals surface area contributed by atoms with Crippen molar-refractivity contribution in [3.8, 4) is 67.5 Å². The molecule has 1 heterocycles. The maximum absolute atomic E-state index is 5.05. The summed E-state index contributed by atoms with van der Waals surface area (Å²) in [6, 6.07) is 67.5. The van der Waals surface area contributed by atoms with E-state index in [9.17, 15) is 0 Å². The first-order valence-electron chi connectivity index (χ1n) is 19.6. The van der Waals surface area contributed by atoms with Gasteiger partial charge in [0.25, 0.3) is 0 Å². The maximum atomic E-state index is 5.05. The van der Waals surface area contributed by atoms with Crippen LogP contribution >= 0.6 is 0 Å². The molecule has 0 atom stereocenters. The Bertz CT molecular complexity index is 3140. The molecule has 1 aliphatic carbocycles. The molecule has 3 heteroatoms. The number of nitrogens with zero attached hydrogens (tertiary/aromatic N) is 3. The first-order chi connectivity index (χ1) is 28.0. The van der Waals surface area contributed by atoms with Crippen molar-refractivity contribution in [1.82, 2.24) is 15.0 Å². The molecule has 11 rings (SSSR count). The van der Waals surface area contributed by atoms with Crippen LogP contribution in [-0.4, -0.2) is 15.0 Å². The molecule has 0 saturated carbocycles. The van der Waals surface area contributed by atoms with E-state index in [-0.39, 0.29) is 5.41 Å². The zero-order valence-corrected chi connectivity index (χ0v) is 31.7. The van der Waals surface area contributed by atoms with E-state index in [0.717, 1.165) is 16.7 Å². The van der Waals surface area contributed by atoms with Gasteiger partial charge < -0.3 is 0 Å². The summed E-state index contributed by atoms with van der Waals surface area (Å²) >= 11 is 0. The summed E-state index contributed by atoms with van der Waals surface area (Å²) < 4.78 is 0. The summed E-state index contributed by atoms with van der Waals surface area (Å²) in [5, 5.41) is 7.27. The van der Waals surface area contributed by atoms with E-state index in [2.05, 4.69) is 141 Å². The minimum Gasteiger partial charge on any atom is -0.208 e. The molecule has 0 amide bonds. The molecular weight excluding hydrogens is 691 g/mol. The number of hydrogen-bond acceptors (Lipinski definition) is 3. The average molecular weight is 728 g/mol. The Morgan fingerprint density at radius 3 is 1.37 bits per heavy atom. The molecule has 0 bridgehead atoms. The maximum Gasteiger partial charge on any atom is 0.164 e. The minimum atomic E-state index is -0.0422. The second-order valence-electron chi connectivity index (χ2n) is 15.6. The first-order valence-corrected chi connectivity index (χ1v) is 19.6. The monoisotopic (exact) mass is 727 g/mol. The number of hydrogen-bond donors (Lipinski definition) is 0. The molecule has 1 aliphatic rings. The molecule has 0 spiro atoms. The van der Waals surface area contributed by atoms with Crippen LogP contribution in [0.2, 0.25) is 0 Å². The number of rotatable bonds is 5. The van der Waals surface area contributed by atoms with Gasteiger partial charge in [-0.25, -0.2) is 15.0 Å². The fourth-order valence-corrected chi connectivity index (χ4v) is 8.98. The average Bonchev–Trinajstić information content (AvgIpc) is 3.51. The third kappa shape index (κ3) is 5.46. The molecule has 268 valence electrons. The predicted octanol–water partition coefficient (Wildman–Crippen LogP) is 14.0. The first kappa shape index (κ1) is 33.1. The van der Waals surface area contributed by atoms with E-state index in [1.807, 2.05) is 60.7 Å². The summed E-state index contributed by atoms with van der Waals surface area (Å²) in [6.45, 7) is 4.69. The highest BCUT2D eigenvalue weighted by Crippen LogP contribution is 2.49. The Hall–Kier alpha value is -7.23. The highest BCUT2D eigenvalue weighted by atomic mass is 15.0. The van der Waals surface area contributed by atoms with Crippen molar-refractivity contribution in [3.63, 3.8) is 0 Å². The molecule has 0 N–H and O–H groups in total. The highest BCUT2D eigenvalue weighted by molar-refractivity contribution is 6.26. The fourth-order valence-electron chi connectivity index (χ4n) is 8.98. The predicted molar refractivity (Wildman–Crippen MR) is 237 cm³/mol. The summed E-state index contributed by atoms with van der Waals surface area (Å²) in [5.41, 5.74) is 13.2. The van der Waals surface area contributed by atoms with Crippen LogP contribution in [0.25, 0.3) is 99.9 Å². The van der Waals surface area contributed by atoms with E-state index in [4.69, 9.17) is 15.0 Å². The molecule has 0 fully saturated rings. The topological polar surface area (TPSA) is 38.7 Å². The van der Waals surface area contributed by atoms with E-state index in [1.165, 1.54) is 76.8 Å². The van der Waals surface area contributed by atoms with Crippen molar-refractivity contribution in [2.75, 3.05) is 0 Å². The van der Waals surface area contributed by atoms with Gasteiger partial charge in [0.2, 0.25) is 0 Å². The molecule has 0 saturated heterocycles. The van der Waals surface area contributed by atoms with Gasteiger partial charge in [-0.2, -0.15) is 0 Å². The van der Waals surface area contributed by atoms with Crippen LogP contribution in [0.15, 0.2) is 188 Å². The van der Waals surface area contributed by atoms with Crippen LogP contribution in [0.1, 0.15) is 25.0 Å². The molecule has 1 aromatic heterocycles. The lowest BCUT2D eigenvalue weighted by Crippen LogP contribution is -2.14. The van der Waals surface area contributed by atoms with E-state index in [1.54, 1.807) is 0 Å². The zero-order chi connectivity index (χ0) is 38.1. The standard InChI is InChI=1S/C54H37N3/c1-54(2)49-23-12-11-22-45(49)46-29-25-39(33-50(46)54)37-19-13-18-36(30-37)38-24-27-43-41-20-9-10-21-42(41)48-32-40(26-28-44(48)47(43)31-38)53-56-51(34-14-5-3-6-15-34)55-52(57-53)35-16-7-4-8-17-35/h3-33H,1-2H3. The Morgan fingerprint density at radius 2 is 0.702 bits per heavy atom. The van der Waals surface area contributed by atoms with Gasteiger partial charge in [-0.05, 0) is 101 Å². The molecule has 57 heavy (non-hydrogen) atoms. The molecule has 10 aromatic rings. The summed E-state index contributed by atoms with van der Waals surface area (Å²) in [5.74, 6) is 1.96. The minimum absolute atomic E-state index is 0.0422. The second kappa shape index (κ2) is 12.9. The number of benzene rings is 9. The van der Waals surface area contributed by atoms with Crippen molar-refractivity contribution in [3.05, 3.63) is 199 Å². The van der Waals surface area contributed by atoms with Gasteiger partial charge >= 0.3 is 0 Å². The Morgan fingerprint density at radius 1 is 0.281 bits per heavy atom. The second-order valence-corrected chi connectivity index (χ2v) is 15.6. The Balaban J connectivity index is 1.04. The normalized spacial score (nSPS) is 12.9. The van der Waals surface area contributed by atoms with Gasteiger partial charge in [-0.1, -0.05) is 178 Å². The van der Waals surface area contributed by atoms with Crippen molar-refractivity contribution in [2.24, 2.45) is 0 Å². The van der Waals surface area contributed by atoms with Crippen LogP contribution in [0.4, 0.5) is 0 Å². The lowest BCUT2D eigenvalue weighted by atomic mass is 9.81. The number of aromatic nitrogens is 3. The third-order valence-corrected chi connectivity index (χ3v) is 11.9. The smallest absolute Gasteiger partial charge is 0.164 e. The Labute approximate surface area is 332 Å². The van der Waals surface area contributed by atoms with Crippen molar-refractivity contribution < 1.29 is 0 Å². The van der Waals surface area contributed by atoms with Gasteiger partial charge in [-0.3, -0.25) is 0 Å². The lowest BCUT2D eigenvalue weighted by molar-refractivity contribution is 0.660. The van der Waals surface area contributed by atoms with E-state index in [0.29, 0.717) is 17.5 Å². The molecule has 0 radical (unpaired) electrons. The summed E-state index contributed by atoms with van der Waals surface area (Å²) in [4.78, 5) is 15.0.